The lowest BCUT2D eigenvalue weighted by molar-refractivity contribution is 0.173. The van der Waals surface area contributed by atoms with Crippen LogP contribution in [0, 0.1) is 11.8 Å². The first kappa shape index (κ1) is 11.7. The van der Waals surface area contributed by atoms with Crippen LogP contribution in [0.2, 0.25) is 0 Å². The molecule has 2 fully saturated rings. The highest BCUT2D eigenvalue weighted by molar-refractivity contribution is 5.74. The van der Waals surface area contributed by atoms with Gasteiger partial charge in [0.1, 0.15) is 0 Å². The fourth-order valence-corrected chi connectivity index (χ4v) is 2.22. The highest BCUT2D eigenvalue weighted by Gasteiger charge is 2.29. The Labute approximate surface area is 97.6 Å². The van der Waals surface area contributed by atoms with Crippen molar-refractivity contribution in [3.05, 3.63) is 0 Å². The molecule has 2 rings (SSSR count). The average molecular weight is 225 g/mol. The summed E-state index contributed by atoms with van der Waals surface area (Å²) in [5, 5.41) is 2.95. The number of amides is 2. The quantitative estimate of drug-likeness (QED) is 0.757. The van der Waals surface area contributed by atoms with Crippen LogP contribution in [0.4, 0.5) is 4.79 Å². The van der Waals surface area contributed by atoms with Crippen LogP contribution in [-0.2, 0) is 0 Å². The second-order valence-corrected chi connectivity index (χ2v) is 5.36. The number of nitrogens with zero attached hydrogens (tertiary/aromatic N) is 1. The number of hydrogen-bond acceptors (Lipinski definition) is 2. The summed E-state index contributed by atoms with van der Waals surface area (Å²) in [7, 11) is 0. The first-order valence-corrected chi connectivity index (χ1v) is 6.45. The number of likely N-dealkylation sites (tertiary alicyclic amines) is 1. The van der Waals surface area contributed by atoms with Gasteiger partial charge in [0, 0.05) is 25.7 Å². The molecule has 0 aromatic rings. The van der Waals surface area contributed by atoms with Crippen LogP contribution in [0.25, 0.3) is 0 Å². The zero-order chi connectivity index (χ0) is 11.5. The normalized spacial score (nSPS) is 24.2. The van der Waals surface area contributed by atoms with Crippen molar-refractivity contribution in [2.24, 2.45) is 17.6 Å². The summed E-state index contributed by atoms with van der Waals surface area (Å²) in [4.78, 5) is 13.7. The molecule has 0 aromatic carbocycles. The predicted molar refractivity (Wildman–Crippen MR) is 64.1 cm³/mol. The lowest BCUT2D eigenvalue weighted by Gasteiger charge is -2.30. The number of nitrogens with two attached hydrogens (primary N) is 1. The van der Waals surface area contributed by atoms with Gasteiger partial charge in [-0.05, 0) is 37.5 Å². The lowest BCUT2D eigenvalue weighted by Crippen LogP contribution is -2.47. The van der Waals surface area contributed by atoms with Gasteiger partial charge in [-0.3, -0.25) is 0 Å². The molecule has 4 nitrogen and oxygen atoms in total. The van der Waals surface area contributed by atoms with Gasteiger partial charge in [0.2, 0.25) is 0 Å². The Hall–Kier alpha value is -0.770. The number of urea groups is 1. The van der Waals surface area contributed by atoms with Gasteiger partial charge in [0.15, 0.2) is 0 Å². The van der Waals surface area contributed by atoms with Crippen LogP contribution in [0.5, 0.6) is 0 Å². The zero-order valence-corrected chi connectivity index (χ0v) is 10.1. The van der Waals surface area contributed by atoms with Crippen molar-refractivity contribution in [3.8, 4) is 0 Å². The summed E-state index contributed by atoms with van der Waals surface area (Å²) >= 11 is 0. The molecule has 1 heterocycles. The van der Waals surface area contributed by atoms with E-state index >= 15 is 0 Å². The fraction of sp³-hybridized carbons (Fsp3) is 0.917. The zero-order valence-electron chi connectivity index (χ0n) is 10.1. The van der Waals surface area contributed by atoms with Gasteiger partial charge in [-0.25, -0.2) is 4.79 Å². The summed E-state index contributed by atoms with van der Waals surface area (Å²) in [5.41, 5.74) is 5.95. The predicted octanol–water partition coefficient (Wildman–Crippen LogP) is 1.17. The first-order valence-electron chi connectivity index (χ1n) is 6.45. The van der Waals surface area contributed by atoms with Gasteiger partial charge in [0.05, 0.1) is 0 Å². The lowest BCUT2D eigenvalue weighted by atomic mass is 10.00. The van der Waals surface area contributed by atoms with E-state index < -0.39 is 0 Å². The molecule has 4 heteroatoms. The Kier molecular flexibility index (Phi) is 3.69. The van der Waals surface area contributed by atoms with E-state index in [1.807, 2.05) is 4.90 Å². The van der Waals surface area contributed by atoms with Crippen LogP contribution < -0.4 is 11.1 Å². The molecule has 1 saturated heterocycles. The minimum absolute atomic E-state index is 0.0722. The number of carbonyl (C=O) groups excluding carboxylic acids is 1. The molecule has 2 aliphatic rings. The Balaban J connectivity index is 1.66. The third kappa shape index (κ3) is 3.11. The third-order valence-corrected chi connectivity index (χ3v) is 3.79. The molecule has 2 amide bonds. The van der Waals surface area contributed by atoms with Crippen molar-refractivity contribution in [3.63, 3.8) is 0 Å². The van der Waals surface area contributed by atoms with E-state index in [-0.39, 0.29) is 12.1 Å². The van der Waals surface area contributed by atoms with E-state index in [0.717, 1.165) is 31.8 Å². The van der Waals surface area contributed by atoms with Crippen LogP contribution in [0.15, 0.2) is 0 Å². The van der Waals surface area contributed by atoms with E-state index in [0.29, 0.717) is 12.5 Å². The molecule has 1 saturated carbocycles. The van der Waals surface area contributed by atoms with E-state index in [2.05, 4.69) is 12.2 Å². The maximum absolute atomic E-state index is 11.8. The standard InChI is InChI=1S/C12H23N3O/c1-9-4-6-15(7-5-9)12(16)14-8-11(13)10-2-3-10/h9-11H,2-8,13H2,1H3,(H,14,16). The number of carbonyl (C=O) groups is 1. The van der Waals surface area contributed by atoms with Crippen molar-refractivity contribution in [1.29, 1.82) is 0 Å². The van der Waals surface area contributed by atoms with Gasteiger partial charge in [-0.1, -0.05) is 6.92 Å². The van der Waals surface area contributed by atoms with Crippen molar-refractivity contribution < 1.29 is 4.79 Å². The molecule has 16 heavy (non-hydrogen) atoms. The Morgan fingerprint density at radius 2 is 2.00 bits per heavy atom. The summed E-state index contributed by atoms with van der Waals surface area (Å²) in [6, 6.07) is 0.232. The molecule has 3 N–H and O–H groups in total. The number of hydrogen-bond donors (Lipinski definition) is 2. The molecular weight excluding hydrogens is 202 g/mol. The van der Waals surface area contributed by atoms with Crippen LogP contribution >= 0.6 is 0 Å². The van der Waals surface area contributed by atoms with Gasteiger partial charge in [-0.2, -0.15) is 0 Å². The first-order chi connectivity index (χ1) is 7.66. The minimum Gasteiger partial charge on any atom is -0.336 e. The van der Waals surface area contributed by atoms with Crippen molar-refractivity contribution in [2.75, 3.05) is 19.6 Å². The number of piperidine rings is 1. The topological polar surface area (TPSA) is 58.4 Å². The molecule has 92 valence electrons. The fourth-order valence-electron chi connectivity index (χ4n) is 2.22. The molecule has 1 aliphatic heterocycles. The molecule has 0 bridgehead atoms. The van der Waals surface area contributed by atoms with E-state index in [4.69, 9.17) is 5.73 Å². The van der Waals surface area contributed by atoms with E-state index in [1.165, 1.54) is 12.8 Å². The van der Waals surface area contributed by atoms with Gasteiger partial charge >= 0.3 is 6.03 Å². The Morgan fingerprint density at radius 1 is 1.38 bits per heavy atom. The molecule has 0 spiro atoms. The smallest absolute Gasteiger partial charge is 0.317 e. The highest BCUT2D eigenvalue weighted by Crippen LogP contribution is 2.31. The van der Waals surface area contributed by atoms with Crippen LogP contribution in [0.3, 0.4) is 0 Å². The maximum Gasteiger partial charge on any atom is 0.317 e. The Bertz CT molecular complexity index is 245. The Morgan fingerprint density at radius 3 is 2.56 bits per heavy atom. The van der Waals surface area contributed by atoms with Gasteiger partial charge in [0.25, 0.3) is 0 Å². The molecule has 0 radical (unpaired) electrons. The van der Waals surface area contributed by atoms with Gasteiger partial charge < -0.3 is 16.0 Å². The van der Waals surface area contributed by atoms with Crippen molar-refractivity contribution >= 4 is 6.03 Å². The monoisotopic (exact) mass is 225 g/mol. The SMILES string of the molecule is CC1CCN(C(=O)NCC(N)C2CC2)CC1. The number of nitrogens with one attached hydrogen (secondary N) is 1. The van der Waals surface area contributed by atoms with Gasteiger partial charge in [-0.15, -0.1) is 0 Å². The largest absolute Gasteiger partial charge is 0.336 e. The van der Waals surface area contributed by atoms with Crippen LogP contribution in [0.1, 0.15) is 32.6 Å². The summed E-state index contributed by atoms with van der Waals surface area (Å²) in [5.74, 6) is 1.42. The minimum atomic E-state index is 0.0722. The van der Waals surface area contributed by atoms with E-state index in [1.54, 1.807) is 0 Å². The summed E-state index contributed by atoms with van der Waals surface area (Å²) in [6.07, 6.45) is 4.72. The molecule has 0 aromatic heterocycles. The molecule has 1 atom stereocenters. The molecule has 1 aliphatic carbocycles. The second-order valence-electron chi connectivity index (χ2n) is 5.36. The van der Waals surface area contributed by atoms with E-state index in [9.17, 15) is 4.79 Å². The highest BCUT2D eigenvalue weighted by atomic mass is 16.2. The maximum atomic E-state index is 11.8. The molecular formula is C12H23N3O. The van der Waals surface area contributed by atoms with Crippen molar-refractivity contribution in [1.82, 2.24) is 10.2 Å². The number of rotatable bonds is 3. The third-order valence-electron chi connectivity index (χ3n) is 3.79. The second kappa shape index (κ2) is 5.04. The average Bonchev–Trinajstić information content (AvgIpc) is 3.10. The molecule has 1 unspecified atom stereocenters. The summed E-state index contributed by atoms with van der Waals surface area (Å²) in [6.45, 7) is 4.67. The van der Waals surface area contributed by atoms with Crippen LogP contribution in [-0.4, -0.2) is 36.6 Å². The summed E-state index contributed by atoms with van der Waals surface area (Å²) < 4.78 is 0. The van der Waals surface area contributed by atoms with Crippen molar-refractivity contribution in [2.45, 2.75) is 38.6 Å².